The van der Waals surface area contributed by atoms with Crippen molar-refractivity contribution in [2.75, 3.05) is 17.3 Å². The summed E-state index contributed by atoms with van der Waals surface area (Å²) in [7, 11) is -1.11. The Kier molecular flexibility index (Phi) is 11.2. The van der Waals surface area contributed by atoms with Gasteiger partial charge < -0.3 is 14.8 Å². The van der Waals surface area contributed by atoms with Gasteiger partial charge >= 0.3 is 29.6 Å². The number of hydrogen-bond acceptors (Lipinski definition) is 10. The van der Waals surface area contributed by atoms with E-state index in [1.165, 1.54) is 4.68 Å². The predicted octanol–water partition coefficient (Wildman–Crippen LogP) is 4.98. The molecule has 0 aliphatic heterocycles. The van der Waals surface area contributed by atoms with E-state index in [0.29, 0.717) is 45.6 Å². The fourth-order valence-corrected chi connectivity index (χ4v) is 7.00. The SMILES string of the molecule is Cc1cc(C)c(N(C)c2cc(C)c(N=Nc3c(C#N)c(C(C)(C)C)nn3C)c(Nc3c(C)cc(C)c(S(=O)(=O)[O-])c3C)n2)c(C)c1.[Na+]. The first kappa shape index (κ1) is 37.9. The van der Waals surface area contributed by atoms with E-state index >= 15 is 0 Å². The van der Waals surface area contributed by atoms with Crippen molar-refractivity contribution in [3.8, 4) is 6.07 Å². The molecule has 0 saturated carbocycles. The van der Waals surface area contributed by atoms with Gasteiger partial charge in [0.15, 0.2) is 11.6 Å². The molecule has 0 saturated heterocycles. The maximum atomic E-state index is 12.2. The summed E-state index contributed by atoms with van der Waals surface area (Å²) in [5.41, 5.74) is 7.79. The smallest absolute Gasteiger partial charge is 0.744 e. The molecule has 13 heteroatoms. The van der Waals surface area contributed by atoms with Crippen LogP contribution in [0.15, 0.2) is 39.4 Å². The van der Waals surface area contributed by atoms with Crippen molar-refractivity contribution in [3.63, 3.8) is 0 Å². The molecule has 0 aliphatic rings. The molecule has 2 heterocycles. The van der Waals surface area contributed by atoms with E-state index in [4.69, 9.17) is 4.98 Å². The minimum Gasteiger partial charge on any atom is -0.744 e. The molecule has 1 N–H and O–H groups in total. The second-order valence-electron chi connectivity index (χ2n) is 13.0. The Balaban J connectivity index is 0.00000600. The van der Waals surface area contributed by atoms with Gasteiger partial charge in [-0.15, -0.1) is 10.2 Å². The van der Waals surface area contributed by atoms with E-state index in [2.05, 4.69) is 59.6 Å². The molecule has 2 aromatic carbocycles. The molecular formula is C34H41N8NaO3S. The first-order valence-electron chi connectivity index (χ1n) is 14.8. The number of aromatic nitrogens is 3. The number of pyridine rings is 1. The standard InChI is InChI=1S/C34H42N8O3S.Na/c1-18-13-21(4)29(22(5)14-18)41(11)26-16-20(3)28(38-39-33-25(17-35)31(34(8,9)10)40-42(33)12)32(36-26)37-27-19(2)15-23(6)30(24(27)7)46(43,44)45;/h13-16H,1-12H3,(H,36,37)(H,43,44,45);/q;+1/p-1. The number of nitrogens with one attached hydrogen (secondary N) is 1. The van der Waals surface area contributed by atoms with Crippen LogP contribution in [-0.4, -0.2) is 34.8 Å². The Morgan fingerprint density at radius 1 is 0.936 bits per heavy atom. The number of anilines is 4. The molecule has 0 fully saturated rings. The van der Waals surface area contributed by atoms with Crippen molar-refractivity contribution >= 4 is 44.6 Å². The summed E-state index contributed by atoms with van der Waals surface area (Å²) < 4.78 is 38.3. The molecule has 2 aromatic heterocycles. The number of azo groups is 1. The van der Waals surface area contributed by atoms with Crippen molar-refractivity contribution in [3.05, 3.63) is 74.5 Å². The van der Waals surface area contributed by atoms with Crippen LogP contribution < -0.4 is 39.8 Å². The Morgan fingerprint density at radius 3 is 2.06 bits per heavy atom. The minimum absolute atomic E-state index is 0. The fraction of sp³-hybridized carbons (Fsp3) is 0.382. The topological polar surface area (TPSA) is 152 Å². The van der Waals surface area contributed by atoms with Gasteiger partial charge in [0, 0.05) is 30.9 Å². The number of nitrogens with zero attached hydrogens (tertiary/aromatic N) is 7. The van der Waals surface area contributed by atoms with Gasteiger partial charge in [-0.2, -0.15) is 10.4 Å². The summed E-state index contributed by atoms with van der Waals surface area (Å²) in [5, 5.41) is 27.0. The minimum atomic E-state index is -4.75. The van der Waals surface area contributed by atoms with E-state index in [1.54, 1.807) is 27.0 Å². The zero-order chi connectivity index (χ0) is 34.5. The van der Waals surface area contributed by atoms with Gasteiger partial charge in [-0.3, -0.25) is 0 Å². The van der Waals surface area contributed by atoms with Gasteiger partial charge in [0.1, 0.15) is 33.3 Å². The van der Waals surface area contributed by atoms with Gasteiger partial charge in [0.2, 0.25) is 0 Å². The Morgan fingerprint density at radius 2 is 1.53 bits per heavy atom. The maximum Gasteiger partial charge on any atom is 1.00 e. The molecule has 11 nitrogen and oxygen atoms in total. The maximum absolute atomic E-state index is 12.2. The van der Waals surface area contributed by atoms with Gasteiger partial charge in [-0.25, -0.2) is 18.1 Å². The van der Waals surface area contributed by atoms with Gasteiger partial charge in [0.05, 0.1) is 10.6 Å². The molecule has 242 valence electrons. The van der Waals surface area contributed by atoms with Crippen LogP contribution in [0.2, 0.25) is 0 Å². The largest absolute Gasteiger partial charge is 1.00 e. The van der Waals surface area contributed by atoms with Crippen LogP contribution in [-0.2, 0) is 22.6 Å². The molecule has 0 radical (unpaired) electrons. The van der Waals surface area contributed by atoms with Crippen LogP contribution in [0, 0.1) is 59.8 Å². The number of rotatable bonds is 7. The monoisotopic (exact) mass is 664 g/mol. The van der Waals surface area contributed by atoms with Gasteiger partial charge in [-0.05, 0) is 87.9 Å². The quantitative estimate of drug-likeness (QED) is 0.165. The van der Waals surface area contributed by atoms with Crippen molar-refractivity contribution in [2.24, 2.45) is 17.3 Å². The molecule has 0 unspecified atom stereocenters. The summed E-state index contributed by atoms with van der Waals surface area (Å²) in [6.07, 6.45) is 0. The zero-order valence-corrected chi connectivity index (χ0v) is 32.4. The van der Waals surface area contributed by atoms with E-state index in [1.807, 2.05) is 52.6 Å². The second-order valence-corrected chi connectivity index (χ2v) is 14.3. The summed E-state index contributed by atoms with van der Waals surface area (Å²) in [6, 6.07) is 10.0. The number of nitriles is 1. The molecule has 0 atom stereocenters. The number of hydrogen-bond donors (Lipinski definition) is 1. The van der Waals surface area contributed by atoms with Crippen LogP contribution in [0.5, 0.6) is 0 Å². The average molecular weight is 665 g/mol. The van der Waals surface area contributed by atoms with E-state index < -0.39 is 10.1 Å². The summed E-state index contributed by atoms with van der Waals surface area (Å²) >= 11 is 0. The van der Waals surface area contributed by atoms with Crippen molar-refractivity contribution in [1.82, 2.24) is 14.8 Å². The summed E-state index contributed by atoms with van der Waals surface area (Å²) in [6.45, 7) is 19.0. The third-order valence-electron chi connectivity index (χ3n) is 7.96. The van der Waals surface area contributed by atoms with Crippen LogP contribution in [0.4, 0.5) is 34.5 Å². The van der Waals surface area contributed by atoms with E-state index in [0.717, 1.165) is 33.5 Å². The third kappa shape index (κ3) is 7.60. The normalized spacial score (nSPS) is 11.8. The fourth-order valence-electron chi connectivity index (χ4n) is 6.07. The Bertz CT molecular complexity index is 2030. The first-order valence-corrected chi connectivity index (χ1v) is 16.2. The molecule has 0 bridgehead atoms. The van der Waals surface area contributed by atoms with Crippen LogP contribution >= 0.6 is 0 Å². The van der Waals surface area contributed by atoms with Crippen LogP contribution in [0.1, 0.15) is 71.0 Å². The number of benzene rings is 2. The molecular weight excluding hydrogens is 623 g/mol. The molecule has 0 amide bonds. The van der Waals surface area contributed by atoms with Crippen LogP contribution in [0.25, 0.3) is 0 Å². The first-order chi connectivity index (χ1) is 21.3. The van der Waals surface area contributed by atoms with Crippen molar-refractivity contribution < 1.29 is 42.5 Å². The average Bonchev–Trinajstić information content (AvgIpc) is 3.24. The van der Waals surface area contributed by atoms with E-state index in [-0.39, 0.29) is 45.4 Å². The van der Waals surface area contributed by atoms with E-state index in [9.17, 15) is 18.2 Å². The molecule has 47 heavy (non-hydrogen) atoms. The Hall–Kier alpha value is -3.60. The Labute approximate surface area is 300 Å². The van der Waals surface area contributed by atoms with Gasteiger partial charge in [-0.1, -0.05) is 44.5 Å². The predicted molar refractivity (Wildman–Crippen MR) is 180 cm³/mol. The number of aryl methyl sites for hydroxylation is 7. The summed E-state index contributed by atoms with van der Waals surface area (Å²) in [4.78, 5) is 6.70. The molecule has 0 spiro atoms. The van der Waals surface area contributed by atoms with Crippen molar-refractivity contribution in [2.45, 2.75) is 79.5 Å². The third-order valence-corrected chi connectivity index (χ3v) is 9.09. The van der Waals surface area contributed by atoms with Crippen molar-refractivity contribution in [1.29, 1.82) is 5.26 Å². The second kappa shape index (κ2) is 13.9. The summed E-state index contributed by atoms with van der Waals surface area (Å²) in [5.74, 6) is 1.21. The zero-order valence-electron chi connectivity index (χ0n) is 29.6. The molecule has 0 aliphatic carbocycles. The molecule has 4 aromatic rings. The van der Waals surface area contributed by atoms with Crippen LogP contribution in [0.3, 0.4) is 0 Å². The van der Waals surface area contributed by atoms with Gasteiger partial charge in [0.25, 0.3) is 0 Å². The molecule has 4 rings (SSSR count).